The molecule has 2 fully saturated rings. The number of aliphatic carboxylic acids is 2. The van der Waals surface area contributed by atoms with Crippen molar-refractivity contribution in [2.45, 2.75) is 114 Å². The maximum atomic E-state index is 12.8. The van der Waals surface area contributed by atoms with E-state index in [1.165, 1.54) is 25.2 Å². The standard InChI is InChI=1S/C42H58O22/c1-5-21-23(25(36(52)53)17-59-39(21)63-41-34(50)32(48)30(46)27(15-43)61-41)10-12-57-29(45)14-19(3)8-7-9-20(4)38(56)58-13-11-24-22(6-2)40(60-18-26(24)37(54)55)64-42-35(51)33(49)31(47)28(16-44)62-42/h5-6,9,14,17-18,21-24,27-28,30-35,39-44,46-51H,1-2,7-8,10-13,15-16H2,3-4H3,(H,52,53)(H,54,55). The molecule has 22 heteroatoms. The predicted molar refractivity (Wildman–Crippen MR) is 213 cm³/mol. The molecule has 0 aromatic heterocycles. The maximum absolute atomic E-state index is 12.8. The van der Waals surface area contributed by atoms with Crippen molar-refractivity contribution in [1.29, 1.82) is 0 Å². The lowest BCUT2D eigenvalue weighted by Crippen LogP contribution is -2.60. The molecule has 0 aromatic rings. The van der Waals surface area contributed by atoms with Gasteiger partial charge in [-0.3, -0.25) is 0 Å². The van der Waals surface area contributed by atoms with Gasteiger partial charge in [-0.1, -0.05) is 23.8 Å². The van der Waals surface area contributed by atoms with Gasteiger partial charge in [0.1, 0.15) is 48.8 Å². The highest BCUT2D eigenvalue weighted by Gasteiger charge is 2.49. The molecule has 0 spiro atoms. The number of carbonyl (C=O) groups excluding carboxylic acids is 2. The summed E-state index contributed by atoms with van der Waals surface area (Å²) in [5.74, 6) is -7.56. The van der Waals surface area contributed by atoms with E-state index >= 15 is 0 Å². The van der Waals surface area contributed by atoms with Gasteiger partial charge < -0.3 is 89.0 Å². The number of ether oxygens (including phenoxy) is 8. The second-order valence-corrected chi connectivity index (χ2v) is 15.6. The van der Waals surface area contributed by atoms with Crippen molar-refractivity contribution < 1.29 is 108 Å². The molecular formula is C42H58O22. The minimum absolute atomic E-state index is 0.0249. The van der Waals surface area contributed by atoms with Gasteiger partial charge in [-0.15, -0.1) is 13.2 Å². The highest BCUT2D eigenvalue weighted by molar-refractivity contribution is 5.88. The van der Waals surface area contributed by atoms with E-state index in [1.54, 1.807) is 13.0 Å². The molecule has 22 nitrogen and oxygen atoms in total. The first-order valence-electron chi connectivity index (χ1n) is 20.4. The zero-order valence-electron chi connectivity index (χ0n) is 35.1. The molecule has 0 aromatic carbocycles. The van der Waals surface area contributed by atoms with Crippen molar-refractivity contribution in [1.82, 2.24) is 0 Å². The Morgan fingerprint density at radius 1 is 0.656 bits per heavy atom. The number of carbonyl (C=O) groups is 4. The normalized spacial score (nSPS) is 35.7. The SMILES string of the molecule is C=CC1C(OC2OC(CO)C(O)C(O)C2O)OC=C(C(=O)O)C1CCOC(=O)C=C(C)CCC=C(C)C(=O)OCCC1C(C(=O)O)=COC(OC2OC(CO)C(O)C(O)C2O)C1C=C. The first kappa shape index (κ1) is 52.1. The zero-order chi connectivity index (χ0) is 47.4. The maximum Gasteiger partial charge on any atom is 0.334 e. The summed E-state index contributed by atoms with van der Waals surface area (Å²) in [5.41, 5.74) is 0.453. The Morgan fingerprint density at radius 2 is 1.09 bits per heavy atom. The third kappa shape index (κ3) is 12.8. The smallest absolute Gasteiger partial charge is 0.334 e. The van der Waals surface area contributed by atoms with Crippen molar-refractivity contribution in [3.05, 3.63) is 72.3 Å². The molecule has 4 heterocycles. The van der Waals surface area contributed by atoms with Gasteiger partial charge in [0.05, 0.1) is 50.1 Å². The number of hydrogen-bond acceptors (Lipinski definition) is 20. The quantitative estimate of drug-likeness (QED) is 0.0361. The van der Waals surface area contributed by atoms with E-state index in [9.17, 15) is 70.2 Å². The fourth-order valence-electron chi connectivity index (χ4n) is 7.56. The lowest BCUT2D eigenvalue weighted by molar-refractivity contribution is -0.339. The Kier molecular flexibility index (Phi) is 19.6. The van der Waals surface area contributed by atoms with Crippen LogP contribution in [0.2, 0.25) is 0 Å². The van der Waals surface area contributed by atoms with Crippen LogP contribution in [-0.2, 0) is 57.1 Å². The van der Waals surface area contributed by atoms with Crippen molar-refractivity contribution in [3.8, 4) is 0 Å². The molecular weight excluding hydrogens is 856 g/mol. The van der Waals surface area contributed by atoms with Gasteiger partial charge >= 0.3 is 23.9 Å². The third-order valence-electron chi connectivity index (χ3n) is 11.3. The van der Waals surface area contributed by atoms with E-state index in [-0.39, 0.29) is 42.8 Å². The molecule has 4 rings (SSSR count). The molecule has 16 atom stereocenters. The van der Waals surface area contributed by atoms with Crippen LogP contribution in [0.25, 0.3) is 0 Å². The predicted octanol–water partition coefficient (Wildman–Crippen LogP) is -1.35. The number of esters is 2. The van der Waals surface area contributed by atoms with Crippen LogP contribution >= 0.6 is 0 Å². The van der Waals surface area contributed by atoms with Gasteiger partial charge in [0.15, 0.2) is 12.6 Å². The van der Waals surface area contributed by atoms with Crippen molar-refractivity contribution in [3.63, 3.8) is 0 Å². The molecule has 4 aliphatic heterocycles. The number of hydrogen-bond donors (Lipinski definition) is 10. The second-order valence-electron chi connectivity index (χ2n) is 15.6. The highest BCUT2D eigenvalue weighted by Crippen LogP contribution is 2.38. The number of aliphatic hydroxyl groups excluding tert-OH is 8. The topological polar surface area (TPSA) is 344 Å². The zero-order valence-corrected chi connectivity index (χ0v) is 35.1. The van der Waals surface area contributed by atoms with Gasteiger partial charge in [0, 0.05) is 35.3 Å². The molecule has 2 saturated heterocycles. The molecule has 10 N–H and O–H groups in total. The van der Waals surface area contributed by atoms with E-state index in [1.807, 2.05) is 0 Å². The van der Waals surface area contributed by atoms with Crippen LogP contribution in [0.3, 0.4) is 0 Å². The van der Waals surface area contributed by atoms with Crippen LogP contribution in [0.15, 0.2) is 72.3 Å². The van der Waals surface area contributed by atoms with Crippen LogP contribution in [0.5, 0.6) is 0 Å². The number of carboxylic acid groups (broad SMARTS) is 2. The Labute approximate surface area is 367 Å². The summed E-state index contributed by atoms with van der Waals surface area (Å²) in [6.45, 7) is 8.77. The van der Waals surface area contributed by atoms with Crippen molar-refractivity contribution in [2.75, 3.05) is 26.4 Å². The van der Waals surface area contributed by atoms with E-state index in [0.717, 1.165) is 12.5 Å². The van der Waals surface area contributed by atoms with Crippen LogP contribution < -0.4 is 0 Å². The number of rotatable bonds is 21. The molecule has 64 heavy (non-hydrogen) atoms. The second kappa shape index (κ2) is 24.1. The highest BCUT2D eigenvalue weighted by atomic mass is 16.8. The Bertz CT molecular complexity index is 1770. The Hall–Kier alpha value is -4.56. The Morgan fingerprint density at radius 3 is 1.50 bits per heavy atom. The first-order chi connectivity index (χ1) is 30.4. The monoisotopic (exact) mass is 914 g/mol. The molecule has 4 aliphatic rings. The number of carboxylic acids is 2. The number of allylic oxidation sites excluding steroid dienone is 2. The van der Waals surface area contributed by atoms with Crippen molar-refractivity contribution in [2.24, 2.45) is 23.7 Å². The lowest BCUT2D eigenvalue weighted by atomic mass is 9.82. The van der Waals surface area contributed by atoms with Gasteiger partial charge in [-0.05, 0) is 39.5 Å². The summed E-state index contributed by atoms with van der Waals surface area (Å²) >= 11 is 0. The fraction of sp³-hybridized carbons (Fsp3) is 0.619. The van der Waals surface area contributed by atoms with Crippen LogP contribution in [0.1, 0.15) is 39.5 Å². The third-order valence-corrected chi connectivity index (χ3v) is 11.3. The summed E-state index contributed by atoms with van der Waals surface area (Å²) < 4.78 is 43.9. The minimum atomic E-state index is -1.75. The van der Waals surface area contributed by atoms with Crippen molar-refractivity contribution >= 4 is 23.9 Å². The van der Waals surface area contributed by atoms with Crippen LogP contribution in [-0.4, -0.2) is 175 Å². The molecule has 0 aliphatic carbocycles. The first-order valence-corrected chi connectivity index (χ1v) is 20.4. The van der Waals surface area contributed by atoms with Crippen LogP contribution in [0.4, 0.5) is 0 Å². The molecule has 0 bridgehead atoms. The van der Waals surface area contributed by atoms with E-state index in [2.05, 4.69) is 13.2 Å². The van der Waals surface area contributed by atoms with Gasteiger partial charge in [-0.25, -0.2) is 19.2 Å². The number of aliphatic hydroxyl groups is 8. The van der Waals surface area contributed by atoms with Gasteiger partial charge in [0.2, 0.25) is 12.6 Å². The molecule has 16 unspecified atom stereocenters. The van der Waals surface area contributed by atoms with Gasteiger partial charge in [0.25, 0.3) is 0 Å². The summed E-state index contributed by atoms with van der Waals surface area (Å²) in [7, 11) is 0. The van der Waals surface area contributed by atoms with E-state index < -0.39 is 135 Å². The summed E-state index contributed by atoms with van der Waals surface area (Å²) in [6.07, 6.45) is -10.5. The van der Waals surface area contributed by atoms with Crippen LogP contribution in [0, 0.1) is 23.7 Å². The van der Waals surface area contributed by atoms with Gasteiger partial charge in [-0.2, -0.15) is 0 Å². The van der Waals surface area contributed by atoms with E-state index in [0.29, 0.717) is 18.4 Å². The van der Waals surface area contributed by atoms with E-state index in [4.69, 9.17) is 37.9 Å². The minimum Gasteiger partial charge on any atom is -0.478 e. The summed E-state index contributed by atoms with van der Waals surface area (Å²) in [6, 6.07) is 0. The average molecular weight is 915 g/mol. The molecule has 0 amide bonds. The largest absolute Gasteiger partial charge is 0.478 e. The fourth-order valence-corrected chi connectivity index (χ4v) is 7.56. The summed E-state index contributed by atoms with van der Waals surface area (Å²) in [4.78, 5) is 49.7. The lowest BCUT2D eigenvalue weighted by Gasteiger charge is -2.43. The Balaban J connectivity index is 1.26. The molecule has 0 radical (unpaired) electrons. The summed E-state index contributed by atoms with van der Waals surface area (Å²) in [5, 5.41) is 99.9. The molecule has 0 saturated carbocycles. The average Bonchev–Trinajstić information content (AvgIpc) is 3.26. The molecule has 358 valence electrons.